The molecule has 0 unspecified atom stereocenters. The number of aryl methyl sites for hydroxylation is 2. The van der Waals surface area contributed by atoms with Crippen LogP contribution in [-0.2, 0) is 23.0 Å². The number of likely N-dealkylation sites (N-methyl/N-ethyl adjacent to an activating group) is 1. The Hall–Kier alpha value is -2.49. The van der Waals surface area contributed by atoms with Crippen LogP contribution in [0.25, 0.3) is 5.65 Å². The minimum atomic E-state index is -3.63. The molecular weight excluding hydrogens is 378 g/mol. The molecule has 1 aliphatic rings. The molecule has 0 radical (unpaired) electrons. The summed E-state index contributed by atoms with van der Waals surface area (Å²) < 4.78 is 30.0. The number of sulfonamides is 1. The van der Waals surface area contributed by atoms with E-state index in [0.29, 0.717) is 44.8 Å². The van der Waals surface area contributed by atoms with E-state index in [9.17, 15) is 13.2 Å². The average Bonchev–Trinajstić information content (AvgIpc) is 3.03. The van der Waals surface area contributed by atoms with E-state index >= 15 is 0 Å². The van der Waals surface area contributed by atoms with Gasteiger partial charge in [0.25, 0.3) is 0 Å². The van der Waals surface area contributed by atoms with Gasteiger partial charge in [0.05, 0.1) is 11.4 Å². The van der Waals surface area contributed by atoms with E-state index in [1.54, 1.807) is 6.07 Å². The van der Waals surface area contributed by atoms with Crippen molar-refractivity contribution in [2.24, 2.45) is 0 Å². The van der Waals surface area contributed by atoms with Gasteiger partial charge >= 0.3 is 5.69 Å². The Balaban J connectivity index is 1.60. The summed E-state index contributed by atoms with van der Waals surface area (Å²) in [4.78, 5) is 14.9. The van der Waals surface area contributed by atoms with Gasteiger partial charge in [-0.25, -0.2) is 22.3 Å². The SMILES string of the molecule is CN1CCN(S(=O)(=O)c2ccc3nn(CCc4ccccc4)c(=O)n3c2)CC1. The highest BCUT2D eigenvalue weighted by molar-refractivity contribution is 7.89. The van der Waals surface area contributed by atoms with Crippen LogP contribution in [0.5, 0.6) is 0 Å². The van der Waals surface area contributed by atoms with Gasteiger partial charge in [-0.3, -0.25) is 0 Å². The summed E-state index contributed by atoms with van der Waals surface area (Å²) in [6, 6.07) is 13.0. The molecule has 0 bridgehead atoms. The van der Waals surface area contributed by atoms with Crippen molar-refractivity contribution in [3.63, 3.8) is 0 Å². The molecule has 148 valence electrons. The molecule has 4 rings (SSSR count). The summed E-state index contributed by atoms with van der Waals surface area (Å²) >= 11 is 0. The Kier molecular flexibility index (Phi) is 5.05. The number of fused-ring (bicyclic) bond motifs is 1. The fraction of sp³-hybridized carbons (Fsp3) is 0.368. The monoisotopic (exact) mass is 401 g/mol. The Bertz CT molecular complexity index is 1130. The molecule has 0 spiro atoms. The van der Waals surface area contributed by atoms with E-state index in [4.69, 9.17) is 0 Å². The van der Waals surface area contributed by atoms with Crippen LogP contribution in [0.4, 0.5) is 0 Å². The summed E-state index contributed by atoms with van der Waals surface area (Å²) in [7, 11) is -1.66. The van der Waals surface area contributed by atoms with Crippen molar-refractivity contribution >= 4 is 15.7 Å². The highest BCUT2D eigenvalue weighted by Crippen LogP contribution is 2.17. The zero-order chi connectivity index (χ0) is 19.7. The molecule has 3 aromatic rings. The number of piperazine rings is 1. The van der Waals surface area contributed by atoms with Crippen molar-refractivity contribution in [2.45, 2.75) is 17.9 Å². The lowest BCUT2D eigenvalue weighted by atomic mass is 10.2. The maximum absolute atomic E-state index is 12.9. The van der Waals surface area contributed by atoms with Crippen molar-refractivity contribution < 1.29 is 8.42 Å². The number of pyridine rings is 1. The highest BCUT2D eigenvalue weighted by atomic mass is 32.2. The van der Waals surface area contributed by atoms with Crippen LogP contribution in [0, 0.1) is 0 Å². The smallest absolute Gasteiger partial charge is 0.304 e. The molecule has 0 saturated carbocycles. The van der Waals surface area contributed by atoms with Crippen LogP contribution in [0.3, 0.4) is 0 Å². The van der Waals surface area contributed by atoms with Crippen LogP contribution >= 0.6 is 0 Å². The second-order valence-corrected chi connectivity index (χ2v) is 8.98. The minimum absolute atomic E-state index is 0.120. The second-order valence-electron chi connectivity index (χ2n) is 7.04. The molecule has 2 aromatic heterocycles. The molecule has 1 saturated heterocycles. The van der Waals surface area contributed by atoms with Gasteiger partial charge in [-0.1, -0.05) is 30.3 Å². The topological polar surface area (TPSA) is 79.9 Å². The van der Waals surface area contributed by atoms with Crippen molar-refractivity contribution in [1.29, 1.82) is 0 Å². The van der Waals surface area contributed by atoms with Gasteiger partial charge in [0.15, 0.2) is 5.65 Å². The molecule has 1 fully saturated rings. The Morgan fingerprint density at radius 2 is 1.71 bits per heavy atom. The second kappa shape index (κ2) is 7.50. The van der Waals surface area contributed by atoms with Gasteiger partial charge in [-0.05, 0) is 31.2 Å². The number of aromatic nitrogens is 3. The largest absolute Gasteiger partial charge is 0.350 e. The number of benzene rings is 1. The van der Waals surface area contributed by atoms with E-state index in [1.807, 2.05) is 37.4 Å². The Morgan fingerprint density at radius 3 is 2.43 bits per heavy atom. The molecular formula is C19H23N5O3S. The van der Waals surface area contributed by atoms with Crippen molar-refractivity contribution in [3.05, 3.63) is 64.7 Å². The number of rotatable bonds is 5. The summed E-state index contributed by atoms with van der Waals surface area (Å²) in [6.07, 6.45) is 2.06. The first-order valence-electron chi connectivity index (χ1n) is 9.27. The van der Waals surface area contributed by atoms with Crippen molar-refractivity contribution in [1.82, 2.24) is 23.4 Å². The normalized spacial score (nSPS) is 16.6. The van der Waals surface area contributed by atoms with Gasteiger partial charge in [0.1, 0.15) is 0 Å². The van der Waals surface area contributed by atoms with E-state index in [2.05, 4.69) is 10.00 Å². The van der Waals surface area contributed by atoms with Crippen LogP contribution in [-0.4, -0.2) is 65.0 Å². The lowest BCUT2D eigenvalue weighted by molar-refractivity contribution is 0.222. The van der Waals surface area contributed by atoms with E-state index in [-0.39, 0.29) is 10.6 Å². The van der Waals surface area contributed by atoms with Crippen molar-refractivity contribution in [2.75, 3.05) is 33.2 Å². The zero-order valence-corrected chi connectivity index (χ0v) is 16.5. The summed E-state index contributed by atoms with van der Waals surface area (Å²) in [5.74, 6) is 0. The third kappa shape index (κ3) is 3.60. The van der Waals surface area contributed by atoms with E-state index < -0.39 is 10.0 Å². The maximum atomic E-state index is 12.9. The first-order chi connectivity index (χ1) is 13.4. The molecule has 1 aliphatic heterocycles. The predicted octanol–water partition coefficient (Wildman–Crippen LogP) is 0.675. The summed E-state index contributed by atoms with van der Waals surface area (Å²) in [6.45, 7) is 2.72. The molecule has 28 heavy (non-hydrogen) atoms. The summed E-state index contributed by atoms with van der Waals surface area (Å²) in [5, 5.41) is 4.32. The van der Waals surface area contributed by atoms with Crippen LogP contribution in [0.2, 0.25) is 0 Å². The first-order valence-corrected chi connectivity index (χ1v) is 10.7. The minimum Gasteiger partial charge on any atom is -0.304 e. The molecule has 0 atom stereocenters. The Morgan fingerprint density at radius 1 is 1.00 bits per heavy atom. The lowest BCUT2D eigenvalue weighted by Gasteiger charge is -2.31. The van der Waals surface area contributed by atoms with E-state index in [1.165, 1.54) is 25.7 Å². The zero-order valence-electron chi connectivity index (χ0n) is 15.7. The maximum Gasteiger partial charge on any atom is 0.350 e. The Labute approximate surface area is 163 Å². The van der Waals surface area contributed by atoms with Crippen LogP contribution in [0.15, 0.2) is 58.4 Å². The van der Waals surface area contributed by atoms with Gasteiger partial charge in [0, 0.05) is 32.4 Å². The quantitative estimate of drug-likeness (QED) is 0.628. The molecule has 0 aliphatic carbocycles. The number of hydrogen-bond acceptors (Lipinski definition) is 5. The third-order valence-electron chi connectivity index (χ3n) is 5.11. The third-order valence-corrected chi connectivity index (χ3v) is 6.99. The van der Waals surface area contributed by atoms with Gasteiger partial charge < -0.3 is 4.90 Å². The van der Waals surface area contributed by atoms with Crippen molar-refractivity contribution in [3.8, 4) is 0 Å². The number of nitrogens with zero attached hydrogens (tertiary/aromatic N) is 5. The lowest BCUT2D eigenvalue weighted by Crippen LogP contribution is -2.47. The number of hydrogen-bond donors (Lipinski definition) is 0. The van der Waals surface area contributed by atoms with Crippen LogP contribution < -0.4 is 5.69 Å². The fourth-order valence-electron chi connectivity index (χ4n) is 3.35. The summed E-state index contributed by atoms with van der Waals surface area (Å²) in [5.41, 5.74) is 1.22. The predicted molar refractivity (Wildman–Crippen MR) is 106 cm³/mol. The molecule has 1 aromatic carbocycles. The highest BCUT2D eigenvalue weighted by Gasteiger charge is 2.28. The van der Waals surface area contributed by atoms with Gasteiger partial charge in [-0.15, -0.1) is 5.10 Å². The molecule has 0 amide bonds. The average molecular weight is 401 g/mol. The molecule has 8 nitrogen and oxygen atoms in total. The standard InChI is InChI=1S/C19H23N5O3S/c1-21-11-13-22(14-12-21)28(26,27)17-7-8-18-20-24(19(25)23(18)15-17)10-9-16-5-3-2-4-6-16/h2-8,15H,9-14H2,1H3. The fourth-order valence-corrected chi connectivity index (χ4v) is 4.78. The first kappa shape index (κ1) is 18.9. The van der Waals surface area contributed by atoms with Gasteiger partial charge in [-0.2, -0.15) is 4.31 Å². The molecule has 3 heterocycles. The van der Waals surface area contributed by atoms with Crippen LogP contribution in [0.1, 0.15) is 5.56 Å². The van der Waals surface area contributed by atoms with Gasteiger partial charge in [0.2, 0.25) is 10.0 Å². The van der Waals surface area contributed by atoms with E-state index in [0.717, 1.165) is 5.56 Å². The molecule has 0 N–H and O–H groups in total. The molecule has 9 heteroatoms.